The average Bonchev–Trinajstić information content (AvgIpc) is 2.50. The summed E-state index contributed by atoms with van der Waals surface area (Å²) in [7, 11) is 0. The van der Waals surface area contributed by atoms with Gasteiger partial charge in [0.15, 0.2) is 0 Å². The molecule has 0 radical (unpaired) electrons. The number of nitrogens with one attached hydrogen (secondary N) is 1. The summed E-state index contributed by atoms with van der Waals surface area (Å²) in [5.74, 6) is 1.96. The standard InChI is InChI=1S/C9H16N2O/c1-6(2)7(3)9-10-4-8(5-12)11-9/h4,6-7,12H,5H2,1-3H3,(H,10,11). The van der Waals surface area contributed by atoms with Crippen molar-refractivity contribution >= 4 is 0 Å². The first kappa shape index (κ1) is 9.26. The second kappa shape index (κ2) is 3.72. The molecule has 1 aromatic rings. The fourth-order valence-electron chi connectivity index (χ4n) is 1.00. The van der Waals surface area contributed by atoms with E-state index < -0.39 is 0 Å². The molecule has 0 amide bonds. The summed E-state index contributed by atoms with van der Waals surface area (Å²) < 4.78 is 0. The van der Waals surface area contributed by atoms with Gasteiger partial charge in [-0.3, -0.25) is 0 Å². The zero-order chi connectivity index (χ0) is 9.14. The average molecular weight is 168 g/mol. The van der Waals surface area contributed by atoms with Gasteiger partial charge in [0.05, 0.1) is 18.5 Å². The first-order valence-electron chi connectivity index (χ1n) is 4.29. The summed E-state index contributed by atoms with van der Waals surface area (Å²) in [6, 6.07) is 0. The van der Waals surface area contributed by atoms with E-state index in [0.717, 1.165) is 11.5 Å². The van der Waals surface area contributed by atoms with Crippen LogP contribution in [0.4, 0.5) is 0 Å². The van der Waals surface area contributed by atoms with E-state index in [9.17, 15) is 0 Å². The lowest BCUT2D eigenvalue weighted by atomic mass is 9.98. The van der Waals surface area contributed by atoms with Crippen molar-refractivity contribution < 1.29 is 5.11 Å². The number of rotatable bonds is 3. The molecule has 0 saturated carbocycles. The largest absolute Gasteiger partial charge is 0.390 e. The molecule has 0 spiro atoms. The second-order valence-electron chi connectivity index (χ2n) is 3.48. The summed E-state index contributed by atoms with van der Waals surface area (Å²) >= 11 is 0. The van der Waals surface area contributed by atoms with E-state index in [1.165, 1.54) is 0 Å². The molecule has 2 N–H and O–H groups in total. The van der Waals surface area contributed by atoms with Crippen molar-refractivity contribution in [3.8, 4) is 0 Å². The first-order valence-corrected chi connectivity index (χ1v) is 4.29. The maximum atomic E-state index is 8.80. The van der Waals surface area contributed by atoms with E-state index >= 15 is 0 Å². The van der Waals surface area contributed by atoms with Crippen molar-refractivity contribution in [3.63, 3.8) is 0 Å². The van der Waals surface area contributed by atoms with E-state index in [4.69, 9.17) is 5.11 Å². The van der Waals surface area contributed by atoms with E-state index in [0.29, 0.717) is 11.8 Å². The van der Waals surface area contributed by atoms with Gasteiger partial charge in [0.1, 0.15) is 5.82 Å². The van der Waals surface area contributed by atoms with Crippen molar-refractivity contribution in [2.24, 2.45) is 5.92 Å². The van der Waals surface area contributed by atoms with Crippen LogP contribution in [0.25, 0.3) is 0 Å². The molecule has 0 fully saturated rings. The quantitative estimate of drug-likeness (QED) is 0.721. The Hall–Kier alpha value is -0.830. The van der Waals surface area contributed by atoms with Gasteiger partial charge in [-0.15, -0.1) is 0 Å². The van der Waals surface area contributed by atoms with Crippen molar-refractivity contribution in [3.05, 3.63) is 17.7 Å². The van der Waals surface area contributed by atoms with E-state index in [1.807, 2.05) is 0 Å². The third kappa shape index (κ3) is 1.85. The van der Waals surface area contributed by atoms with Gasteiger partial charge in [0, 0.05) is 5.92 Å². The highest BCUT2D eigenvalue weighted by Crippen LogP contribution is 2.20. The highest BCUT2D eigenvalue weighted by Gasteiger charge is 2.12. The molecule has 1 aromatic heterocycles. The Morgan fingerprint density at radius 2 is 2.17 bits per heavy atom. The monoisotopic (exact) mass is 168 g/mol. The molecular weight excluding hydrogens is 152 g/mol. The van der Waals surface area contributed by atoms with E-state index in [2.05, 4.69) is 30.7 Å². The summed E-state index contributed by atoms with van der Waals surface area (Å²) in [6.07, 6.45) is 1.69. The normalized spacial score (nSPS) is 13.8. The van der Waals surface area contributed by atoms with Crippen LogP contribution in [0.1, 0.15) is 38.2 Å². The highest BCUT2D eigenvalue weighted by atomic mass is 16.3. The van der Waals surface area contributed by atoms with Crippen molar-refractivity contribution in [2.45, 2.75) is 33.3 Å². The lowest BCUT2D eigenvalue weighted by Crippen LogP contribution is -2.04. The Bertz CT molecular complexity index is 242. The predicted octanol–water partition coefficient (Wildman–Crippen LogP) is 1.66. The molecule has 3 heteroatoms. The minimum Gasteiger partial charge on any atom is -0.390 e. The molecule has 1 rings (SSSR count). The van der Waals surface area contributed by atoms with Gasteiger partial charge in [-0.05, 0) is 5.92 Å². The zero-order valence-corrected chi connectivity index (χ0v) is 7.83. The molecule has 1 unspecified atom stereocenters. The lowest BCUT2D eigenvalue weighted by Gasteiger charge is -2.11. The number of hydrogen-bond acceptors (Lipinski definition) is 2. The number of imidazole rings is 1. The number of aromatic nitrogens is 2. The molecule has 1 atom stereocenters. The van der Waals surface area contributed by atoms with Crippen LogP contribution in [0.3, 0.4) is 0 Å². The minimum atomic E-state index is 0.0395. The summed E-state index contributed by atoms with van der Waals surface area (Å²) in [5.41, 5.74) is 0.789. The van der Waals surface area contributed by atoms with Crippen LogP contribution in [0, 0.1) is 5.92 Å². The molecular formula is C9H16N2O. The summed E-state index contributed by atoms with van der Waals surface area (Å²) in [6.45, 7) is 6.49. The predicted molar refractivity (Wildman–Crippen MR) is 47.8 cm³/mol. The summed E-state index contributed by atoms with van der Waals surface area (Å²) in [4.78, 5) is 7.28. The minimum absolute atomic E-state index is 0.0395. The van der Waals surface area contributed by atoms with Crippen LogP contribution < -0.4 is 0 Å². The summed E-state index contributed by atoms with van der Waals surface area (Å²) in [5, 5.41) is 8.80. The van der Waals surface area contributed by atoms with E-state index in [1.54, 1.807) is 6.20 Å². The molecule has 0 aliphatic rings. The van der Waals surface area contributed by atoms with Crippen LogP contribution in [0.5, 0.6) is 0 Å². The molecule has 1 heterocycles. The first-order chi connectivity index (χ1) is 5.65. The van der Waals surface area contributed by atoms with Crippen LogP contribution in [0.15, 0.2) is 6.20 Å². The number of H-pyrrole nitrogens is 1. The van der Waals surface area contributed by atoms with Crippen LogP contribution in [0.2, 0.25) is 0 Å². The Balaban J connectivity index is 2.74. The lowest BCUT2D eigenvalue weighted by molar-refractivity contribution is 0.277. The fraction of sp³-hybridized carbons (Fsp3) is 0.667. The maximum absolute atomic E-state index is 8.80. The topological polar surface area (TPSA) is 48.9 Å². The van der Waals surface area contributed by atoms with Crippen LogP contribution >= 0.6 is 0 Å². The zero-order valence-electron chi connectivity index (χ0n) is 7.83. The molecule has 68 valence electrons. The molecule has 0 bridgehead atoms. The van der Waals surface area contributed by atoms with Gasteiger partial charge in [0.2, 0.25) is 0 Å². The number of aliphatic hydroxyl groups excluding tert-OH is 1. The van der Waals surface area contributed by atoms with E-state index in [-0.39, 0.29) is 6.61 Å². The number of aliphatic hydroxyl groups is 1. The third-order valence-electron chi connectivity index (χ3n) is 2.25. The van der Waals surface area contributed by atoms with Crippen LogP contribution in [-0.4, -0.2) is 15.1 Å². The van der Waals surface area contributed by atoms with Gasteiger partial charge in [0.25, 0.3) is 0 Å². The molecule has 0 aliphatic heterocycles. The Morgan fingerprint density at radius 3 is 2.58 bits per heavy atom. The van der Waals surface area contributed by atoms with Gasteiger partial charge in [-0.2, -0.15) is 0 Å². The van der Waals surface area contributed by atoms with Crippen molar-refractivity contribution in [1.29, 1.82) is 0 Å². The van der Waals surface area contributed by atoms with Gasteiger partial charge in [-0.25, -0.2) is 4.98 Å². The molecule has 12 heavy (non-hydrogen) atoms. The van der Waals surface area contributed by atoms with Crippen LogP contribution in [-0.2, 0) is 6.61 Å². The van der Waals surface area contributed by atoms with Gasteiger partial charge in [-0.1, -0.05) is 20.8 Å². The molecule has 0 aromatic carbocycles. The molecule has 0 saturated heterocycles. The Morgan fingerprint density at radius 1 is 1.50 bits per heavy atom. The van der Waals surface area contributed by atoms with Crippen molar-refractivity contribution in [1.82, 2.24) is 9.97 Å². The number of nitrogens with zero attached hydrogens (tertiary/aromatic N) is 1. The molecule has 0 aliphatic carbocycles. The van der Waals surface area contributed by atoms with Gasteiger partial charge >= 0.3 is 0 Å². The third-order valence-corrected chi connectivity index (χ3v) is 2.25. The Labute approximate surface area is 72.8 Å². The van der Waals surface area contributed by atoms with Crippen molar-refractivity contribution in [2.75, 3.05) is 0 Å². The highest BCUT2D eigenvalue weighted by molar-refractivity contribution is 5.04. The number of hydrogen-bond donors (Lipinski definition) is 2. The maximum Gasteiger partial charge on any atom is 0.109 e. The second-order valence-corrected chi connectivity index (χ2v) is 3.48. The SMILES string of the molecule is CC(C)C(C)c1ncc(CO)[nH]1. The smallest absolute Gasteiger partial charge is 0.109 e. The fourth-order valence-corrected chi connectivity index (χ4v) is 1.00. The number of aromatic amines is 1. The molecule has 3 nitrogen and oxygen atoms in total. The van der Waals surface area contributed by atoms with Gasteiger partial charge < -0.3 is 10.1 Å². The Kier molecular flexibility index (Phi) is 2.87.